The van der Waals surface area contributed by atoms with Crippen molar-refractivity contribution in [3.8, 4) is 0 Å². The van der Waals surface area contributed by atoms with E-state index in [0.29, 0.717) is 12.5 Å². The molecule has 2 N–H and O–H groups in total. The van der Waals surface area contributed by atoms with E-state index in [2.05, 4.69) is 30.1 Å². The van der Waals surface area contributed by atoms with Crippen LogP contribution in [0.2, 0.25) is 0 Å². The van der Waals surface area contributed by atoms with Crippen LogP contribution in [0.25, 0.3) is 0 Å². The molecule has 0 amide bonds. The third-order valence-electron chi connectivity index (χ3n) is 4.69. The van der Waals surface area contributed by atoms with E-state index >= 15 is 0 Å². The zero-order valence-electron chi connectivity index (χ0n) is 15.4. The molecule has 0 bridgehead atoms. The first-order valence-electron chi connectivity index (χ1n) is 9.64. The standard InChI is InChI=1S/C20H34ClNO3/c1-2-3-6-10-17(23)11-9-15-22-16-14-18(21)19(22)12-7-4-5-8-13-20(24)25/h4,7,9,11,17-19,23H,2-3,5-6,8,10,12-16H2,1H3,(H,24,25)/t17-,18?,19+/m1/s1. The SMILES string of the molecule is CCCCC[C@@H](O)C=CCN1CCC(Cl)[C@@H]1CC=CCCCC(=O)O. The van der Waals surface area contributed by atoms with E-state index in [4.69, 9.17) is 16.7 Å². The Bertz CT molecular complexity index is 425. The van der Waals surface area contributed by atoms with E-state index in [0.717, 1.165) is 45.2 Å². The number of allylic oxidation sites excluding steroid dienone is 1. The Morgan fingerprint density at radius 1 is 1.28 bits per heavy atom. The minimum Gasteiger partial charge on any atom is -0.481 e. The lowest BCUT2D eigenvalue weighted by atomic mass is 10.1. The molecule has 3 atom stereocenters. The Labute approximate surface area is 157 Å². The highest BCUT2D eigenvalue weighted by Gasteiger charge is 2.30. The maximum absolute atomic E-state index is 10.5. The van der Waals surface area contributed by atoms with E-state index < -0.39 is 5.97 Å². The first-order valence-corrected chi connectivity index (χ1v) is 10.1. The molecule has 25 heavy (non-hydrogen) atoms. The van der Waals surface area contributed by atoms with Gasteiger partial charge in [-0.05, 0) is 32.1 Å². The van der Waals surface area contributed by atoms with Gasteiger partial charge in [0, 0.05) is 25.6 Å². The fraction of sp³-hybridized carbons (Fsp3) is 0.750. The third kappa shape index (κ3) is 10.0. The second-order valence-corrected chi connectivity index (χ2v) is 7.41. The van der Waals surface area contributed by atoms with Crippen molar-refractivity contribution in [2.45, 2.75) is 82.2 Å². The molecule has 1 heterocycles. The van der Waals surface area contributed by atoms with Gasteiger partial charge in [-0.1, -0.05) is 50.5 Å². The first kappa shape index (κ1) is 22.2. The zero-order chi connectivity index (χ0) is 18.5. The van der Waals surface area contributed by atoms with Crippen molar-refractivity contribution in [1.82, 2.24) is 4.90 Å². The summed E-state index contributed by atoms with van der Waals surface area (Å²) in [5, 5.41) is 18.7. The van der Waals surface area contributed by atoms with E-state index in [1.165, 1.54) is 12.8 Å². The number of aliphatic carboxylic acids is 1. The van der Waals surface area contributed by atoms with Gasteiger partial charge >= 0.3 is 5.97 Å². The van der Waals surface area contributed by atoms with Crippen molar-refractivity contribution in [3.63, 3.8) is 0 Å². The summed E-state index contributed by atoms with van der Waals surface area (Å²) < 4.78 is 0. The van der Waals surface area contributed by atoms with Gasteiger partial charge in [-0.15, -0.1) is 11.6 Å². The predicted octanol–water partition coefficient (Wildman–Crippen LogP) is 4.37. The number of unbranched alkanes of at least 4 members (excludes halogenated alkanes) is 3. The highest BCUT2D eigenvalue weighted by atomic mass is 35.5. The first-order chi connectivity index (χ1) is 12.0. The molecule has 0 aromatic rings. The van der Waals surface area contributed by atoms with Crippen LogP contribution in [-0.2, 0) is 4.79 Å². The highest BCUT2D eigenvalue weighted by Crippen LogP contribution is 2.25. The number of carbonyl (C=O) groups is 1. The van der Waals surface area contributed by atoms with Crippen LogP contribution >= 0.6 is 11.6 Å². The number of hydrogen-bond acceptors (Lipinski definition) is 3. The number of likely N-dealkylation sites (tertiary alicyclic amines) is 1. The molecule has 4 nitrogen and oxygen atoms in total. The number of carboxylic acids is 1. The average molecular weight is 372 g/mol. The van der Waals surface area contributed by atoms with Crippen LogP contribution in [0.1, 0.15) is 64.7 Å². The molecule has 1 aliphatic heterocycles. The fourth-order valence-corrected chi connectivity index (χ4v) is 3.54. The molecule has 0 aliphatic carbocycles. The van der Waals surface area contributed by atoms with Gasteiger partial charge in [-0.2, -0.15) is 0 Å². The molecular formula is C20H34ClNO3. The fourth-order valence-electron chi connectivity index (χ4n) is 3.18. The topological polar surface area (TPSA) is 60.8 Å². The van der Waals surface area contributed by atoms with Crippen molar-refractivity contribution in [1.29, 1.82) is 0 Å². The van der Waals surface area contributed by atoms with E-state index in [1.54, 1.807) is 0 Å². The Morgan fingerprint density at radius 2 is 2.08 bits per heavy atom. The second-order valence-electron chi connectivity index (χ2n) is 6.85. The Kier molecular flexibility index (Phi) is 11.9. The van der Waals surface area contributed by atoms with Crippen LogP contribution in [0.15, 0.2) is 24.3 Å². The van der Waals surface area contributed by atoms with Crippen LogP contribution in [0.4, 0.5) is 0 Å². The second kappa shape index (κ2) is 13.4. The van der Waals surface area contributed by atoms with Gasteiger partial charge in [-0.25, -0.2) is 0 Å². The quantitative estimate of drug-likeness (QED) is 0.287. The van der Waals surface area contributed by atoms with Crippen LogP contribution in [0.5, 0.6) is 0 Å². The number of aliphatic hydroxyl groups excluding tert-OH is 1. The number of hydrogen-bond donors (Lipinski definition) is 2. The van der Waals surface area contributed by atoms with Crippen molar-refractivity contribution in [2.75, 3.05) is 13.1 Å². The number of carboxylic acid groups (broad SMARTS) is 1. The van der Waals surface area contributed by atoms with Gasteiger partial charge in [0.15, 0.2) is 0 Å². The normalized spacial score (nSPS) is 23.0. The van der Waals surface area contributed by atoms with E-state index in [1.807, 2.05) is 6.08 Å². The molecule has 144 valence electrons. The molecule has 0 spiro atoms. The largest absolute Gasteiger partial charge is 0.481 e. The molecule has 1 rings (SSSR count). The highest BCUT2D eigenvalue weighted by molar-refractivity contribution is 6.21. The van der Waals surface area contributed by atoms with Crippen molar-refractivity contribution in [3.05, 3.63) is 24.3 Å². The van der Waals surface area contributed by atoms with Gasteiger partial charge < -0.3 is 10.2 Å². The number of rotatable bonds is 13. The minimum atomic E-state index is -0.736. The van der Waals surface area contributed by atoms with E-state index in [9.17, 15) is 9.90 Å². The summed E-state index contributed by atoms with van der Waals surface area (Å²) >= 11 is 6.45. The number of alkyl halides is 1. The average Bonchev–Trinajstić information content (AvgIpc) is 2.91. The molecule has 0 aromatic heterocycles. The van der Waals surface area contributed by atoms with Gasteiger partial charge in [0.05, 0.1) is 11.5 Å². The molecule has 1 aliphatic rings. The lowest BCUT2D eigenvalue weighted by Gasteiger charge is -2.23. The third-order valence-corrected chi connectivity index (χ3v) is 5.19. The molecule has 1 fully saturated rings. The molecule has 0 radical (unpaired) electrons. The Balaban J connectivity index is 2.30. The molecule has 1 unspecified atom stereocenters. The van der Waals surface area contributed by atoms with Crippen LogP contribution in [0, 0.1) is 0 Å². The van der Waals surface area contributed by atoms with Crippen molar-refractivity contribution >= 4 is 17.6 Å². The Hall–Kier alpha value is -0.840. The summed E-state index contributed by atoms with van der Waals surface area (Å²) in [5.74, 6) is -0.736. The molecule has 0 aromatic carbocycles. The summed E-state index contributed by atoms with van der Waals surface area (Å²) in [6.07, 6.45) is 15.7. The van der Waals surface area contributed by atoms with Gasteiger partial charge in [0.25, 0.3) is 0 Å². The molecular weight excluding hydrogens is 338 g/mol. The van der Waals surface area contributed by atoms with Crippen LogP contribution in [-0.4, -0.2) is 51.7 Å². The number of aliphatic hydroxyl groups is 1. The van der Waals surface area contributed by atoms with Crippen molar-refractivity contribution < 1.29 is 15.0 Å². The maximum atomic E-state index is 10.5. The summed E-state index contributed by atoms with van der Waals surface area (Å²) in [5.41, 5.74) is 0. The van der Waals surface area contributed by atoms with Crippen LogP contribution in [0.3, 0.4) is 0 Å². The van der Waals surface area contributed by atoms with Gasteiger partial charge in [0.2, 0.25) is 0 Å². The number of nitrogens with zero attached hydrogens (tertiary/aromatic N) is 1. The van der Waals surface area contributed by atoms with Gasteiger partial charge in [0.1, 0.15) is 0 Å². The van der Waals surface area contributed by atoms with E-state index in [-0.39, 0.29) is 17.9 Å². The summed E-state index contributed by atoms with van der Waals surface area (Å²) in [6, 6.07) is 0.319. The summed E-state index contributed by atoms with van der Waals surface area (Å²) in [4.78, 5) is 12.8. The molecule has 0 saturated carbocycles. The predicted molar refractivity (Wildman–Crippen MR) is 104 cm³/mol. The lowest BCUT2D eigenvalue weighted by Crippen LogP contribution is -2.33. The lowest BCUT2D eigenvalue weighted by molar-refractivity contribution is -0.137. The minimum absolute atomic E-state index is 0.159. The number of halogens is 1. The smallest absolute Gasteiger partial charge is 0.303 e. The zero-order valence-corrected chi connectivity index (χ0v) is 16.2. The molecule has 1 saturated heterocycles. The monoisotopic (exact) mass is 371 g/mol. The van der Waals surface area contributed by atoms with Gasteiger partial charge in [-0.3, -0.25) is 9.69 Å². The van der Waals surface area contributed by atoms with Crippen molar-refractivity contribution in [2.24, 2.45) is 0 Å². The summed E-state index contributed by atoms with van der Waals surface area (Å²) in [7, 11) is 0. The molecule has 5 heteroatoms. The van der Waals surface area contributed by atoms with Crippen LogP contribution < -0.4 is 0 Å². The maximum Gasteiger partial charge on any atom is 0.303 e. The summed E-state index contributed by atoms with van der Waals surface area (Å²) in [6.45, 7) is 3.98. The Morgan fingerprint density at radius 3 is 2.80 bits per heavy atom.